The van der Waals surface area contributed by atoms with E-state index in [4.69, 9.17) is 0 Å². The van der Waals surface area contributed by atoms with E-state index < -0.39 is 0 Å². The van der Waals surface area contributed by atoms with E-state index in [9.17, 15) is 0 Å². The summed E-state index contributed by atoms with van der Waals surface area (Å²) >= 11 is 0. The van der Waals surface area contributed by atoms with Crippen LogP contribution >= 0.6 is 0 Å². The second kappa shape index (κ2) is 8.43. The number of likely N-dealkylation sites (tertiary alicyclic amines) is 1. The third-order valence-electron chi connectivity index (χ3n) is 4.52. The van der Waals surface area contributed by atoms with E-state index >= 15 is 0 Å². The van der Waals surface area contributed by atoms with E-state index in [-0.39, 0.29) is 0 Å². The number of rotatable bonds is 7. The van der Waals surface area contributed by atoms with Crippen molar-refractivity contribution in [3.8, 4) is 0 Å². The molecule has 1 N–H and O–H groups in total. The second-order valence-electron chi connectivity index (χ2n) is 5.98. The minimum atomic E-state index is 0.536. The van der Waals surface area contributed by atoms with Gasteiger partial charge in [0, 0.05) is 12.1 Å². The molecule has 1 aliphatic heterocycles. The summed E-state index contributed by atoms with van der Waals surface area (Å²) in [6.07, 6.45) is 6.43. The highest BCUT2D eigenvalue weighted by atomic mass is 15.1. The molecule has 2 nitrogen and oxygen atoms in total. The van der Waals surface area contributed by atoms with Gasteiger partial charge in [-0.3, -0.25) is 0 Å². The smallest absolute Gasteiger partial charge is 0.0322 e. The van der Waals surface area contributed by atoms with E-state index in [2.05, 4.69) is 54.4 Å². The maximum Gasteiger partial charge on any atom is 0.0322 e. The van der Waals surface area contributed by atoms with Crippen molar-refractivity contribution in [3.05, 3.63) is 35.9 Å². The summed E-state index contributed by atoms with van der Waals surface area (Å²) in [5.41, 5.74) is 1.46. The minimum absolute atomic E-state index is 0.536. The zero-order valence-corrected chi connectivity index (χ0v) is 13.1. The van der Waals surface area contributed by atoms with Crippen LogP contribution in [0.3, 0.4) is 0 Å². The Labute approximate surface area is 124 Å². The Bertz CT molecular complexity index is 355. The standard InChI is InChI=1S/C18H30N2/c1-3-5-11-18(16-9-7-6-8-10-16)19-17-12-14-20(4-2)15-13-17/h6-10,17-19H,3-5,11-15H2,1-2H3. The topological polar surface area (TPSA) is 15.3 Å². The third-order valence-corrected chi connectivity index (χ3v) is 4.52. The van der Waals surface area contributed by atoms with Crippen molar-refractivity contribution in [3.63, 3.8) is 0 Å². The first kappa shape index (κ1) is 15.5. The fourth-order valence-corrected chi connectivity index (χ4v) is 3.14. The van der Waals surface area contributed by atoms with E-state index in [1.807, 2.05) is 0 Å². The SMILES string of the molecule is CCCCC(NC1CCN(CC)CC1)c1ccccc1. The highest BCUT2D eigenvalue weighted by molar-refractivity contribution is 5.19. The summed E-state index contributed by atoms with van der Waals surface area (Å²) in [5, 5.41) is 3.93. The first-order chi connectivity index (χ1) is 9.83. The van der Waals surface area contributed by atoms with Gasteiger partial charge < -0.3 is 10.2 Å². The van der Waals surface area contributed by atoms with Gasteiger partial charge in [-0.2, -0.15) is 0 Å². The molecule has 0 radical (unpaired) electrons. The average molecular weight is 274 g/mol. The van der Waals surface area contributed by atoms with Crippen molar-refractivity contribution in [1.29, 1.82) is 0 Å². The number of hydrogen-bond donors (Lipinski definition) is 1. The fraction of sp³-hybridized carbons (Fsp3) is 0.667. The lowest BCUT2D eigenvalue weighted by molar-refractivity contribution is 0.197. The van der Waals surface area contributed by atoms with Gasteiger partial charge in [-0.15, -0.1) is 0 Å². The second-order valence-corrected chi connectivity index (χ2v) is 5.98. The van der Waals surface area contributed by atoms with Gasteiger partial charge in [0.1, 0.15) is 0 Å². The average Bonchev–Trinajstić information content (AvgIpc) is 2.53. The molecule has 0 spiro atoms. The fourth-order valence-electron chi connectivity index (χ4n) is 3.14. The lowest BCUT2D eigenvalue weighted by atomic mass is 9.97. The number of benzene rings is 1. The van der Waals surface area contributed by atoms with Crippen molar-refractivity contribution in [2.75, 3.05) is 19.6 Å². The third kappa shape index (κ3) is 4.60. The Morgan fingerprint density at radius 1 is 1.15 bits per heavy atom. The van der Waals surface area contributed by atoms with Gasteiger partial charge in [0.2, 0.25) is 0 Å². The Kier molecular flexibility index (Phi) is 6.55. The van der Waals surface area contributed by atoms with Crippen LogP contribution < -0.4 is 5.32 Å². The molecule has 0 aromatic heterocycles. The van der Waals surface area contributed by atoms with Crippen LogP contribution in [0.2, 0.25) is 0 Å². The van der Waals surface area contributed by atoms with Gasteiger partial charge in [0.25, 0.3) is 0 Å². The summed E-state index contributed by atoms with van der Waals surface area (Å²) in [6, 6.07) is 12.2. The van der Waals surface area contributed by atoms with Gasteiger partial charge in [-0.1, -0.05) is 57.0 Å². The molecule has 0 saturated carbocycles. The van der Waals surface area contributed by atoms with Crippen molar-refractivity contribution in [1.82, 2.24) is 10.2 Å². The molecule has 1 atom stereocenters. The summed E-state index contributed by atoms with van der Waals surface area (Å²) < 4.78 is 0. The van der Waals surface area contributed by atoms with Crippen LogP contribution in [0, 0.1) is 0 Å². The van der Waals surface area contributed by atoms with Crippen LogP contribution in [-0.4, -0.2) is 30.6 Å². The predicted molar refractivity (Wildman–Crippen MR) is 87.0 cm³/mol. The number of nitrogens with one attached hydrogen (secondary N) is 1. The van der Waals surface area contributed by atoms with Crippen LogP contribution in [0.5, 0.6) is 0 Å². The van der Waals surface area contributed by atoms with Gasteiger partial charge in [0.15, 0.2) is 0 Å². The molecule has 112 valence electrons. The maximum absolute atomic E-state index is 3.93. The molecule has 1 fully saturated rings. The van der Waals surface area contributed by atoms with Crippen LogP contribution in [0.1, 0.15) is 57.6 Å². The molecule has 2 rings (SSSR count). The Morgan fingerprint density at radius 2 is 1.85 bits per heavy atom. The Hall–Kier alpha value is -0.860. The molecule has 1 unspecified atom stereocenters. The van der Waals surface area contributed by atoms with Gasteiger partial charge in [-0.05, 0) is 44.5 Å². The number of hydrogen-bond acceptors (Lipinski definition) is 2. The van der Waals surface area contributed by atoms with Crippen LogP contribution in [0.15, 0.2) is 30.3 Å². The molecule has 0 aliphatic carbocycles. The Morgan fingerprint density at radius 3 is 2.45 bits per heavy atom. The first-order valence-electron chi connectivity index (χ1n) is 8.36. The molecule has 0 amide bonds. The van der Waals surface area contributed by atoms with E-state index in [1.165, 1.54) is 57.3 Å². The zero-order valence-electron chi connectivity index (χ0n) is 13.1. The van der Waals surface area contributed by atoms with Crippen molar-refractivity contribution < 1.29 is 0 Å². The molecule has 1 aromatic rings. The maximum atomic E-state index is 3.93. The van der Waals surface area contributed by atoms with Crippen LogP contribution in [0.25, 0.3) is 0 Å². The van der Waals surface area contributed by atoms with Crippen LogP contribution in [-0.2, 0) is 0 Å². The molecular weight excluding hydrogens is 244 g/mol. The quantitative estimate of drug-likeness (QED) is 0.808. The minimum Gasteiger partial charge on any atom is -0.307 e. The molecule has 2 heteroatoms. The van der Waals surface area contributed by atoms with Crippen molar-refractivity contribution in [2.45, 2.75) is 58.0 Å². The first-order valence-corrected chi connectivity index (χ1v) is 8.36. The molecule has 1 heterocycles. The monoisotopic (exact) mass is 274 g/mol. The number of nitrogens with zero attached hydrogens (tertiary/aromatic N) is 1. The van der Waals surface area contributed by atoms with E-state index in [0.29, 0.717) is 12.1 Å². The lowest BCUT2D eigenvalue weighted by Gasteiger charge is -2.34. The summed E-state index contributed by atoms with van der Waals surface area (Å²) in [5.74, 6) is 0. The van der Waals surface area contributed by atoms with Gasteiger partial charge >= 0.3 is 0 Å². The highest BCUT2D eigenvalue weighted by Crippen LogP contribution is 2.22. The highest BCUT2D eigenvalue weighted by Gasteiger charge is 2.21. The summed E-state index contributed by atoms with van der Waals surface area (Å²) in [4.78, 5) is 2.56. The largest absolute Gasteiger partial charge is 0.307 e. The van der Waals surface area contributed by atoms with E-state index in [1.54, 1.807) is 0 Å². The molecule has 1 saturated heterocycles. The number of unbranched alkanes of at least 4 members (excludes halogenated alkanes) is 1. The lowest BCUT2D eigenvalue weighted by Crippen LogP contribution is -2.43. The van der Waals surface area contributed by atoms with E-state index in [0.717, 1.165) is 0 Å². The summed E-state index contributed by atoms with van der Waals surface area (Å²) in [6.45, 7) is 8.25. The van der Waals surface area contributed by atoms with Gasteiger partial charge in [0.05, 0.1) is 0 Å². The zero-order chi connectivity index (χ0) is 14.2. The Balaban J connectivity index is 1.91. The predicted octanol–water partition coefficient (Wildman–Crippen LogP) is 3.99. The molecule has 0 bridgehead atoms. The van der Waals surface area contributed by atoms with Crippen molar-refractivity contribution in [2.24, 2.45) is 0 Å². The van der Waals surface area contributed by atoms with Gasteiger partial charge in [-0.25, -0.2) is 0 Å². The van der Waals surface area contributed by atoms with Crippen molar-refractivity contribution >= 4 is 0 Å². The normalized spacial score (nSPS) is 19.1. The molecular formula is C18H30N2. The van der Waals surface area contributed by atoms with Crippen LogP contribution in [0.4, 0.5) is 0 Å². The number of piperidine rings is 1. The molecule has 1 aromatic carbocycles. The summed E-state index contributed by atoms with van der Waals surface area (Å²) in [7, 11) is 0. The molecule has 20 heavy (non-hydrogen) atoms. The molecule has 1 aliphatic rings.